The molecule has 0 radical (unpaired) electrons. The van der Waals surface area contributed by atoms with Crippen molar-refractivity contribution >= 4 is 17.6 Å². The topological polar surface area (TPSA) is 72.0 Å². The Kier molecular flexibility index (Phi) is 4.97. The van der Waals surface area contributed by atoms with E-state index in [1.54, 1.807) is 12.4 Å². The predicted molar refractivity (Wildman–Crippen MR) is 90.0 cm³/mol. The van der Waals surface area contributed by atoms with E-state index in [-0.39, 0.29) is 0 Å². The molecule has 0 amide bonds. The number of aromatic nitrogens is 3. The van der Waals surface area contributed by atoms with E-state index in [1.165, 1.54) is 0 Å². The Morgan fingerprint density at radius 2 is 1.70 bits per heavy atom. The van der Waals surface area contributed by atoms with Gasteiger partial charge >= 0.3 is 0 Å². The Labute approximate surface area is 134 Å². The molecule has 0 unspecified atom stereocenters. The number of benzene rings is 1. The van der Waals surface area contributed by atoms with Crippen LogP contribution in [0.3, 0.4) is 0 Å². The molecular formula is C17H17N5O. The monoisotopic (exact) mass is 307 g/mol. The first-order valence-electron chi connectivity index (χ1n) is 7.33. The van der Waals surface area contributed by atoms with Crippen molar-refractivity contribution in [3.63, 3.8) is 0 Å². The second-order valence-electron chi connectivity index (χ2n) is 4.69. The van der Waals surface area contributed by atoms with Gasteiger partial charge in [-0.25, -0.2) is 9.97 Å². The largest absolute Gasteiger partial charge is 0.492 e. The second-order valence-corrected chi connectivity index (χ2v) is 4.69. The van der Waals surface area contributed by atoms with E-state index in [0.717, 1.165) is 11.6 Å². The molecule has 1 aromatic carbocycles. The zero-order chi connectivity index (χ0) is 15.7. The van der Waals surface area contributed by atoms with E-state index < -0.39 is 0 Å². The van der Waals surface area contributed by atoms with Crippen LogP contribution in [0.25, 0.3) is 0 Å². The molecule has 3 rings (SSSR count). The predicted octanol–water partition coefficient (Wildman–Crippen LogP) is 3.11. The van der Waals surface area contributed by atoms with Gasteiger partial charge in [-0.3, -0.25) is 0 Å². The number of nitrogens with one attached hydrogen (secondary N) is 2. The number of para-hydroxylation sites is 1. The molecule has 3 aromatic rings. The summed E-state index contributed by atoms with van der Waals surface area (Å²) in [5, 5.41) is 6.26. The average molecular weight is 307 g/mol. The van der Waals surface area contributed by atoms with E-state index in [2.05, 4.69) is 25.6 Å². The van der Waals surface area contributed by atoms with Crippen molar-refractivity contribution in [1.29, 1.82) is 0 Å². The Bertz CT molecular complexity index is 721. The van der Waals surface area contributed by atoms with Gasteiger partial charge in [0.2, 0.25) is 5.95 Å². The van der Waals surface area contributed by atoms with Crippen molar-refractivity contribution in [2.45, 2.75) is 0 Å². The van der Waals surface area contributed by atoms with Crippen molar-refractivity contribution < 1.29 is 4.74 Å². The number of ether oxygens (including phenoxy) is 1. The summed E-state index contributed by atoms with van der Waals surface area (Å²) in [6, 6.07) is 17.1. The first-order chi connectivity index (χ1) is 11.4. The molecule has 0 atom stereocenters. The van der Waals surface area contributed by atoms with Crippen LogP contribution in [0.1, 0.15) is 0 Å². The van der Waals surface area contributed by atoms with Gasteiger partial charge in [0, 0.05) is 12.4 Å². The van der Waals surface area contributed by atoms with Gasteiger partial charge in [0.15, 0.2) is 0 Å². The van der Waals surface area contributed by atoms with Gasteiger partial charge in [-0.15, -0.1) is 0 Å². The maximum absolute atomic E-state index is 5.62. The lowest BCUT2D eigenvalue weighted by atomic mass is 10.3. The minimum Gasteiger partial charge on any atom is -0.492 e. The lowest BCUT2D eigenvalue weighted by Gasteiger charge is -2.09. The summed E-state index contributed by atoms with van der Waals surface area (Å²) in [5.74, 6) is 2.79. The summed E-state index contributed by atoms with van der Waals surface area (Å²) in [6.45, 7) is 1.20. The molecule has 6 nitrogen and oxygen atoms in total. The Balaban J connectivity index is 1.49. The van der Waals surface area contributed by atoms with Crippen LogP contribution in [0.5, 0.6) is 5.75 Å². The molecule has 6 heteroatoms. The molecule has 0 aliphatic heterocycles. The van der Waals surface area contributed by atoms with Crippen LogP contribution < -0.4 is 15.4 Å². The number of hydrogen-bond donors (Lipinski definition) is 2. The van der Waals surface area contributed by atoms with Crippen LogP contribution in [0.2, 0.25) is 0 Å². The zero-order valence-corrected chi connectivity index (χ0v) is 12.5. The van der Waals surface area contributed by atoms with Gasteiger partial charge in [0.05, 0.1) is 6.54 Å². The van der Waals surface area contributed by atoms with Crippen molar-refractivity contribution in [1.82, 2.24) is 15.0 Å². The summed E-state index contributed by atoms with van der Waals surface area (Å²) in [5.41, 5.74) is 0. The maximum atomic E-state index is 5.62. The molecule has 0 aliphatic rings. The van der Waals surface area contributed by atoms with E-state index in [9.17, 15) is 0 Å². The first kappa shape index (κ1) is 14.8. The van der Waals surface area contributed by atoms with Crippen molar-refractivity contribution in [2.24, 2.45) is 0 Å². The van der Waals surface area contributed by atoms with E-state index in [4.69, 9.17) is 4.74 Å². The van der Waals surface area contributed by atoms with Crippen LogP contribution in [0.15, 0.2) is 67.0 Å². The van der Waals surface area contributed by atoms with Gasteiger partial charge < -0.3 is 15.4 Å². The molecule has 0 aliphatic carbocycles. The van der Waals surface area contributed by atoms with Crippen LogP contribution in [-0.4, -0.2) is 28.1 Å². The Morgan fingerprint density at radius 3 is 2.52 bits per heavy atom. The average Bonchev–Trinajstić information content (AvgIpc) is 2.61. The van der Waals surface area contributed by atoms with Gasteiger partial charge in [0.25, 0.3) is 0 Å². The third kappa shape index (κ3) is 4.67. The van der Waals surface area contributed by atoms with Gasteiger partial charge in [0.1, 0.15) is 24.0 Å². The summed E-state index contributed by atoms with van der Waals surface area (Å²) in [6.07, 6.45) is 3.41. The highest BCUT2D eigenvalue weighted by atomic mass is 16.5. The summed E-state index contributed by atoms with van der Waals surface area (Å²) >= 11 is 0. The highest BCUT2D eigenvalue weighted by Gasteiger charge is 2.00. The molecule has 2 N–H and O–H groups in total. The van der Waals surface area contributed by atoms with Crippen LogP contribution in [-0.2, 0) is 0 Å². The van der Waals surface area contributed by atoms with Crippen LogP contribution in [0.4, 0.5) is 17.6 Å². The molecule has 0 saturated carbocycles. The summed E-state index contributed by atoms with van der Waals surface area (Å²) in [7, 11) is 0. The van der Waals surface area contributed by atoms with Crippen molar-refractivity contribution in [3.05, 3.63) is 67.0 Å². The number of rotatable bonds is 7. The standard InChI is InChI=1S/C17H17N5O/c1-2-6-14(7-3-1)23-13-12-19-16-9-11-20-17(22-16)21-15-8-4-5-10-18-15/h1-11H,12-13H2,(H2,18,19,20,21,22). The molecule has 2 aromatic heterocycles. The molecule has 116 valence electrons. The number of pyridine rings is 1. The molecule has 0 spiro atoms. The highest BCUT2D eigenvalue weighted by molar-refractivity contribution is 5.49. The second kappa shape index (κ2) is 7.74. The highest BCUT2D eigenvalue weighted by Crippen LogP contribution is 2.11. The number of hydrogen-bond acceptors (Lipinski definition) is 6. The minimum atomic E-state index is 0.498. The smallest absolute Gasteiger partial charge is 0.230 e. The fourth-order valence-corrected chi connectivity index (χ4v) is 1.93. The van der Waals surface area contributed by atoms with E-state index in [1.807, 2.05) is 54.6 Å². The van der Waals surface area contributed by atoms with E-state index >= 15 is 0 Å². The Hall–Kier alpha value is -3.15. The van der Waals surface area contributed by atoms with Gasteiger partial charge in [-0.05, 0) is 30.3 Å². The van der Waals surface area contributed by atoms with Gasteiger partial charge in [-0.1, -0.05) is 24.3 Å². The molecule has 0 saturated heterocycles. The molecule has 23 heavy (non-hydrogen) atoms. The molecule has 0 fully saturated rings. The SMILES string of the molecule is c1ccc(OCCNc2ccnc(Nc3ccccn3)n2)cc1. The van der Waals surface area contributed by atoms with E-state index in [0.29, 0.717) is 24.9 Å². The molecular weight excluding hydrogens is 290 g/mol. The summed E-state index contributed by atoms with van der Waals surface area (Å²) < 4.78 is 5.62. The van der Waals surface area contributed by atoms with Crippen molar-refractivity contribution in [3.8, 4) is 5.75 Å². The van der Waals surface area contributed by atoms with Gasteiger partial charge in [-0.2, -0.15) is 4.98 Å². The number of anilines is 3. The lowest BCUT2D eigenvalue weighted by Crippen LogP contribution is -2.13. The zero-order valence-electron chi connectivity index (χ0n) is 12.5. The fourth-order valence-electron chi connectivity index (χ4n) is 1.93. The third-order valence-corrected chi connectivity index (χ3v) is 2.98. The maximum Gasteiger partial charge on any atom is 0.230 e. The number of nitrogens with zero attached hydrogens (tertiary/aromatic N) is 3. The minimum absolute atomic E-state index is 0.498. The summed E-state index contributed by atoms with van der Waals surface area (Å²) in [4.78, 5) is 12.7. The van der Waals surface area contributed by atoms with Crippen LogP contribution >= 0.6 is 0 Å². The lowest BCUT2D eigenvalue weighted by molar-refractivity contribution is 0.333. The molecule has 2 heterocycles. The third-order valence-electron chi connectivity index (χ3n) is 2.98. The normalized spacial score (nSPS) is 10.1. The quantitative estimate of drug-likeness (QED) is 0.654. The van der Waals surface area contributed by atoms with Crippen LogP contribution in [0, 0.1) is 0 Å². The Morgan fingerprint density at radius 1 is 0.826 bits per heavy atom. The van der Waals surface area contributed by atoms with Crippen molar-refractivity contribution in [2.75, 3.05) is 23.8 Å². The first-order valence-corrected chi connectivity index (χ1v) is 7.33. The fraction of sp³-hybridized carbons (Fsp3) is 0.118. The molecule has 0 bridgehead atoms.